The third-order valence-corrected chi connectivity index (χ3v) is 3.77. The van der Waals surface area contributed by atoms with Crippen LogP contribution in [0.1, 0.15) is 5.76 Å². The molecule has 0 saturated heterocycles. The Balaban J connectivity index is 2.85. The summed E-state index contributed by atoms with van der Waals surface area (Å²) in [6.45, 7) is 3.55. The van der Waals surface area contributed by atoms with Crippen LogP contribution in [0.3, 0.4) is 0 Å². The molecular formula is C15H13Cl2NO4. The fourth-order valence-electron chi connectivity index (χ4n) is 1.90. The van der Waals surface area contributed by atoms with Crippen LogP contribution >= 0.6 is 23.2 Å². The van der Waals surface area contributed by atoms with Gasteiger partial charge in [-0.15, -0.1) is 0 Å². The van der Waals surface area contributed by atoms with Crippen molar-refractivity contribution >= 4 is 35.0 Å². The van der Waals surface area contributed by atoms with E-state index in [0.29, 0.717) is 11.5 Å². The molecule has 22 heavy (non-hydrogen) atoms. The lowest BCUT2D eigenvalue weighted by atomic mass is 10.1. The molecule has 0 radical (unpaired) electrons. The Morgan fingerprint density at radius 2 is 1.73 bits per heavy atom. The SMILES string of the molecule is C=Cc1oc(-c2c(Cl)c(OC)cc(OC)c2Cl)cc(=O)c1N. The van der Waals surface area contributed by atoms with E-state index in [-0.39, 0.29) is 32.8 Å². The van der Waals surface area contributed by atoms with Crippen LogP contribution in [0.5, 0.6) is 11.5 Å². The smallest absolute Gasteiger partial charge is 0.209 e. The van der Waals surface area contributed by atoms with Crippen molar-refractivity contribution < 1.29 is 13.9 Å². The van der Waals surface area contributed by atoms with Gasteiger partial charge in [-0.1, -0.05) is 29.8 Å². The van der Waals surface area contributed by atoms with E-state index >= 15 is 0 Å². The molecule has 0 aliphatic rings. The van der Waals surface area contributed by atoms with Gasteiger partial charge in [0.2, 0.25) is 5.43 Å². The van der Waals surface area contributed by atoms with Crippen molar-refractivity contribution in [1.29, 1.82) is 0 Å². The van der Waals surface area contributed by atoms with Crippen LogP contribution in [0.15, 0.2) is 27.9 Å². The number of hydrogen-bond donors (Lipinski definition) is 1. The number of nitrogen functional groups attached to an aromatic ring is 1. The van der Waals surface area contributed by atoms with Crippen LogP contribution in [-0.2, 0) is 0 Å². The molecule has 0 fully saturated rings. The molecule has 0 aliphatic heterocycles. The highest BCUT2D eigenvalue weighted by molar-refractivity contribution is 6.40. The van der Waals surface area contributed by atoms with E-state index in [0.717, 1.165) is 0 Å². The number of rotatable bonds is 4. The van der Waals surface area contributed by atoms with E-state index in [2.05, 4.69) is 6.58 Å². The lowest BCUT2D eigenvalue weighted by Crippen LogP contribution is -2.09. The summed E-state index contributed by atoms with van der Waals surface area (Å²) in [7, 11) is 2.90. The number of nitrogens with two attached hydrogens (primary N) is 1. The molecule has 1 aromatic carbocycles. The number of methoxy groups -OCH3 is 2. The van der Waals surface area contributed by atoms with Crippen molar-refractivity contribution in [2.24, 2.45) is 0 Å². The first-order chi connectivity index (χ1) is 10.4. The van der Waals surface area contributed by atoms with Crippen LogP contribution in [0, 0.1) is 0 Å². The second kappa shape index (κ2) is 6.34. The summed E-state index contributed by atoms with van der Waals surface area (Å²) in [5, 5.41) is 0.382. The Kier molecular flexibility index (Phi) is 4.68. The van der Waals surface area contributed by atoms with Gasteiger partial charge >= 0.3 is 0 Å². The Bertz CT molecular complexity index is 771. The Labute approximate surface area is 136 Å². The monoisotopic (exact) mass is 341 g/mol. The largest absolute Gasteiger partial charge is 0.495 e. The van der Waals surface area contributed by atoms with Crippen LogP contribution < -0.4 is 20.6 Å². The molecule has 1 heterocycles. The number of halogens is 2. The third kappa shape index (κ3) is 2.65. The summed E-state index contributed by atoms with van der Waals surface area (Å²) < 4.78 is 15.9. The highest BCUT2D eigenvalue weighted by atomic mass is 35.5. The van der Waals surface area contributed by atoms with Crippen LogP contribution in [0.4, 0.5) is 5.69 Å². The van der Waals surface area contributed by atoms with Crippen molar-refractivity contribution in [3.63, 3.8) is 0 Å². The Morgan fingerprint density at radius 1 is 1.18 bits per heavy atom. The first-order valence-corrected chi connectivity index (χ1v) is 6.86. The molecule has 0 aliphatic carbocycles. The molecule has 0 atom stereocenters. The van der Waals surface area contributed by atoms with E-state index in [1.54, 1.807) is 0 Å². The normalized spacial score (nSPS) is 10.4. The van der Waals surface area contributed by atoms with Gasteiger partial charge in [-0.25, -0.2) is 0 Å². The Hall–Kier alpha value is -2.11. The maximum Gasteiger partial charge on any atom is 0.209 e. The number of benzene rings is 1. The first-order valence-electron chi connectivity index (χ1n) is 6.11. The molecule has 0 spiro atoms. The lowest BCUT2D eigenvalue weighted by Gasteiger charge is -2.14. The number of ether oxygens (including phenoxy) is 2. The van der Waals surface area contributed by atoms with Crippen molar-refractivity contribution in [2.75, 3.05) is 20.0 Å². The van der Waals surface area contributed by atoms with E-state index < -0.39 is 5.43 Å². The predicted octanol–water partition coefficient (Wildman–Crippen LogP) is 3.86. The maximum absolute atomic E-state index is 11.9. The summed E-state index contributed by atoms with van der Waals surface area (Å²) in [5.41, 5.74) is 5.45. The lowest BCUT2D eigenvalue weighted by molar-refractivity contribution is 0.394. The van der Waals surface area contributed by atoms with Crippen LogP contribution in [-0.4, -0.2) is 14.2 Å². The fourth-order valence-corrected chi connectivity index (χ4v) is 2.58. The van der Waals surface area contributed by atoms with Gasteiger partial charge in [-0.3, -0.25) is 4.79 Å². The fraction of sp³-hybridized carbons (Fsp3) is 0.133. The van der Waals surface area contributed by atoms with Gasteiger partial charge in [0.15, 0.2) is 5.76 Å². The van der Waals surface area contributed by atoms with Crippen molar-refractivity contribution in [2.45, 2.75) is 0 Å². The molecule has 0 saturated carbocycles. The molecule has 1 aromatic heterocycles. The molecule has 0 bridgehead atoms. The molecule has 2 rings (SSSR count). The zero-order valence-corrected chi connectivity index (χ0v) is 13.4. The van der Waals surface area contributed by atoms with E-state index in [1.165, 1.54) is 32.4 Å². The van der Waals surface area contributed by atoms with Gasteiger partial charge in [0.1, 0.15) is 22.9 Å². The molecular weight excluding hydrogens is 329 g/mol. The topological polar surface area (TPSA) is 74.7 Å². The zero-order chi connectivity index (χ0) is 16.4. The Morgan fingerprint density at radius 3 is 2.18 bits per heavy atom. The summed E-state index contributed by atoms with van der Waals surface area (Å²) in [4.78, 5) is 11.9. The minimum atomic E-state index is -0.426. The van der Waals surface area contributed by atoms with E-state index in [1.807, 2.05) is 0 Å². The minimum Gasteiger partial charge on any atom is -0.495 e. The van der Waals surface area contributed by atoms with Gasteiger partial charge in [-0.05, 0) is 6.08 Å². The van der Waals surface area contributed by atoms with Gasteiger partial charge in [0, 0.05) is 12.1 Å². The molecule has 2 aromatic rings. The molecule has 0 unspecified atom stereocenters. The van der Waals surface area contributed by atoms with Gasteiger partial charge in [0.05, 0.1) is 29.8 Å². The molecule has 116 valence electrons. The van der Waals surface area contributed by atoms with Crippen molar-refractivity contribution in [1.82, 2.24) is 0 Å². The van der Waals surface area contributed by atoms with Gasteiger partial charge in [-0.2, -0.15) is 0 Å². The second-order valence-corrected chi connectivity index (χ2v) is 5.00. The third-order valence-electron chi connectivity index (χ3n) is 3.02. The molecule has 7 heteroatoms. The maximum atomic E-state index is 11.9. The van der Waals surface area contributed by atoms with Crippen LogP contribution in [0.2, 0.25) is 10.0 Å². The predicted molar refractivity (Wildman–Crippen MR) is 88.0 cm³/mol. The molecule has 2 N–H and O–H groups in total. The summed E-state index contributed by atoms with van der Waals surface area (Å²) in [6, 6.07) is 2.74. The zero-order valence-electron chi connectivity index (χ0n) is 11.9. The standard InChI is InChI=1S/C15H13Cl2NO4/c1-4-8-15(18)7(19)5-9(22-8)12-13(16)10(20-2)6-11(21-3)14(12)17/h4-6H,1,18H2,2-3H3. The van der Waals surface area contributed by atoms with Crippen molar-refractivity contribution in [3.8, 4) is 22.8 Å². The van der Waals surface area contributed by atoms with Gasteiger partial charge in [0.25, 0.3) is 0 Å². The summed E-state index contributed by atoms with van der Waals surface area (Å²) in [5.74, 6) is 0.938. The molecule has 0 amide bonds. The number of anilines is 1. The summed E-state index contributed by atoms with van der Waals surface area (Å²) in [6.07, 6.45) is 1.33. The number of hydrogen-bond acceptors (Lipinski definition) is 5. The van der Waals surface area contributed by atoms with E-state index in [9.17, 15) is 4.79 Å². The highest BCUT2D eigenvalue weighted by Crippen LogP contribution is 2.45. The van der Waals surface area contributed by atoms with E-state index in [4.69, 9.17) is 42.8 Å². The average molecular weight is 342 g/mol. The minimum absolute atomic E-state index is 0.0409. The molecule has 5 nitrogen and oxygen atoms in total. The first kappa shape index (κ1) is 16.3. The average Bonchev–Trinajstić information content (AvgIpc) is 2.51. The highest BCUT2D eigenvalue weighted by Gasteiger charge is 2.21. The quantitative estimate of drug-likeness (QED) is 0.913. The van der Waals surface area contributed by atoms with Crippen LogP contribution in [0.25, 0.3) is 17.4 Å². The second-order valence-electron chi connectivity index (χ2n) is 4.24. The van der Waals surface area contributed by atoms with Gasteiger partial charge < -0.3 is 19.6 Å². The summed E-state index contributed by atoms with van der Waals surface area (Å²) >= 11 is 12.6. The van der Waals surface area contributed by atoms with Crippen molar-refractivity contribution in [3.05, 3.63) is 44.7 Å².